The largest absolute Gasteiger partial charge is 0.508 e. The van der Waals surface area contributed by atoms with E-state index in [-0.39, 0.29) is 17.7 Å². The number of rotatable bonds is 4. The number of phenols is 1. The van der Waals surface area contributed by atoms with Gasteiger partial charge in [0.05, 0.1) is 7.11 Å². The van der Waals surface area contributed by atoms with Crippen LogP contribution in [0.5, 0.6) is 5.75 Å². The normalized spacial score (nSPS) is 11.1. The summed E-state index contributed by atoms with van der Waals surface area (Å²) in [5.41, 5.74) is 0.237. The number of ether oxygens (including phenoxy) is 1. The number of carbonyl (C=O) groups is 2. The van der Waals surface area contributed by atoms with Gasteiger partial charge in [0.2, 0.25) is 0 Å². The van der Waals surface area contributed by atoms with Crippen molar-refractivity contribution in [1.29, 1.82) is 0 Å². The first-order valence-corrected chi connectivity index (χ1v) is 5.19. The van der Waals surface area contributed by atoms with Crippen LogP contribution in [0.2, 0.25) is 0 Å². The summed E-state index contributed by atoms with van der Waals surface area (Å²) in [7, 11) is 1.21. The topological polar surface area (TPSA) is 75.6 Å². The number of aromatic hydroxyl groups is 1. The molecule has 0 aliphatic rings. The van der Waals surface area contributed by atoms with Gasteiger partial charge in [0.15, 0.2) is 0 Å². The van der Waals surface area contributed by atoms with Gasteiger partial charge in [0.1, 0.15) is 11.8 Å². The third kappa shape index (κ3) is 3.52. The number of methoxy groups -OCH3 is 1. The summed E-state index contributed by atoms with van der Waals surface area (Å²) in [4.78, 5) is 23.2. The second-order valence-corrected chi connectivity index (χ2v) is 3.51. The van der Waals surface area contributed by atoms with Crippen molar-refractivity contribution in [2.24, 2.45) is 0 Å². The molecule has 2 N–H and O–H groups in total. The number of hydrogen-bond donors (Lipinski definition) is 2. The number of terminal acetylenes is 1. The Morgan fingerprint density at radius 3 is 2.83 bits per heavy atom. The van der Waals surface area contributed by atoms with E-state index in [1.165, 1.54) is 31.4 Å². The fourth-order valence-electron chi connectivity index (χ4n) is 1.34. The molecule has 5 heteroatoms. The lowest BCUT2D eigenvalue weighted by Crippen LogP contribution is -2.41. The van der Waals surface area contributed by atoms with Crippen LogP contribution in [0.25, 0.3) is 0 Å². The van der Waals surface area contributed by atoms with Gasteiger partial charge in [-0.25, -0.2) is 4.79 Å². The van der Waals surface area contributed by atoms with Gasteiger partial charge in [-0.15, -0.1) is 12.3 Å². The fourth-order valence-corrected chi connectivity index (χ4v) is 1.34. The van der Waals surface area contributed by atoms with Crippen LogP contribution in [0.4, 0.5) is 0 Å². The van der Waals surface area contributed by atoms with Crippen LogP contribution in [0, 0.1) is 12.3 Å². The Hall–Kier alpha value is -2.48. The van der Waals surface area contributed by atoms with Crippen LogP contribution in [0.3, 0.4) is 0 Å². The average molecular weight is 247 g/mol. The number of phenolic OH excluding ortho intramolecular Hbond substituents is 1. The third-order valence-corrected chi connectivity index (χ3v) is 2.22. The monoisotopic (exact) mass is 247 g/mol. The standard InChI is InChI=1S/C13H13NO4/c1-3-5-11(13(17)18-2)14-12(16)9-6-4-7-10(15)8-9/h1,4,6-8,11,15H,5H2,2H3,(H,14,16)/t11-/m0/s1. The molecular weight excluding hydrogens is 234 g/mol. The minimum Gasteiger partial charge on any atom is -0.508 e. The van der Waals surface area contributed by atoms with Crippen molar-refractivity contribution in [3.8, 4) is 18.1 Å². The molecule has 0 fully saturated rings. The maximum Gasteiger partial charge on any atom is 0.329 e. The van der Waals surface area contributed by atoms with Crippen molar-refractivity contribution in [2.75, 3.05) is 7.11 Å². The zero-order valence-corrected chi connectivity index (χ0v) is 9.84. The van der Waals surface area contributed by atoms with Crippen molar-refractivity contribution >= 4 is 11.9 Å². The maximum atomic E-state index is 11.8. The molecule has 1 aromatic carbocycles. The second-order valence-electron chi connectivity index (χ2n) is 3.51. The highest BCUT2D eigenvalue weighted by Gasteiger charge is 2.21. The van der Waals surface area contributed by atoms with Gasteiger partial charge in [-0.1, -0.05) is 6.07 Å². The smallest absolute Gasteiger partial charge is 0.329 e. The number of amides is 1. The zero-order chi connectivity index (χ0) is 13.5. The van der Waals surface area contributed by atoms with E-state index in [1.807, 2.05) is 0 Å². The van der Waals surface area contributed by atoms with Gasteiger partial charge in [0, 0.05) is 12.0 Å². The summed E-state index contributed by atoms with van der Waals surface area (Å²) >= 11 is 0. The highest BCUT2D eigenvalue weighted by Crippen LogP contribution is 2.11. The Morgan fingerprint density at radius 1 is 1.56 bits per heavy atom. The molecule has 0 unspecified atom stereocenters. The molecule has 0 saturated heterocycles. The van der Waals surface area contributed by atoms with E-state index in [2.05, 4.69) is 16.0 Å². The highest BCUT2D eigenvalue weighted by molar-refractivity contribution is 5.97. The molecule has 1 atom stereocenters. The summed E-state index contributed by atoms with van der Waals surface area (Å²) in [6.07, 6.45) is 5.15. The van der Waals surface area contributed by atoms with E-state index in [0.717, 1.165) is 0 Å². The van der Waals surface area contributed by atoms with Crippen LogP contribution in [0.15, 0.2) is 24.3 Å². The van der Waals surface area contributed by atoms with Gasteiger partial charge in [-0.05, 0) is 18.2 Å². The quantitative estimate of drug-likeness (QED) is 0.606. The Balaban J connectivity index is 2.79. The van der Waals surface area contributed by atoms with Crippen molar-refractivity contribution in [1.82, 2.24) is 5.32 Å². The molecular formula is C13H13NO4. The predicted molar refractivity (Wildman–Crippen MR) is 64.8 cm³/mol. The van der Waals surface area contributed by atoms with E-state index in [1.54, 1.807) is 0 Å². The molecule has 1 aromatic rings. The minimum atomic E-state index is -0.894. The van der Waals surface area contributed by atoms with Crippen LogP contribution in [0.1, 0.15) is 16.8 Å². The van der Waals surface area contributed by atoms with Crippen LogP contribution in [-0.4, -0.2) is 30.1 Å². The Kier molecular flexibility index (Phi) is 4.76. The van der Waals surface area contributed by atoms with E-state index >= 15 is 0 Å². The van der Waals surface area contributed by atoms with Crippen molar-refractivity contribution in [2.45, 2.75) is 12.5 Å². The van der Waals surface area contributed by atoms with Gasteiger partial charge >= 0.3 is 5.97 Å². The molecule has 0 aromatic heterocycles. The molecule has 18 heavy (non-hydrogen) atoms. The van der Waals surface area contributed by atoms with E-state index < -0.39 is 17.9 Å². The number of carbonyl (C=O) groups excluding carboxylic acids is 2. The summed E-state index contributed by atoms with van der Waals surface area (Å²) < 4.78 is 4.53. The molecule has 0 spiro atoms. The summed E-state index contributed by atoms with van der Waals surface area (Å²) in [5, 5.41) is 11.7. The molecule has 0 heterocycles. The number of hydrogen-bond acceptors (Lipinski definition) is 4. The average Bonchev–Trinajstić information content (AvgIpc) is 2.37. The molecule has 94 valence electrons. The Morgan fingerprint density at radius 2 is 2.28 bits per heavy atom. The molecule has 5 nitrogen and oxygen atoms in total. The second kappa shape index (κ2) is 6.30. The number of benzene rings is 1. The molecule has 0 saturated carbocycles. The van der Waals surface area contributed by atoms with E-state index in [9.17, 15) is 14.7 Å². The first kappa shape index (κ1) is 13.6. The maximum absolute atomic E-state index is 11.8. The Labute approximate surface area is 105 Å². The molecule has 1 amide bonds. The predicted octanol–water partition coefficient (Wildman–Crippen LogP) is 0.687. The van der Waals surface area contributed by atoms with Gasteiger partial charge < -0.3 is 15.2 Å². The van der Waals surface area contributed by atoms with Crippen molar-refractivity contribution in [3.05, 3.63) is 29.8 Å². The first-order valence-electron chi connectivity index (χ1n) is 5.19. The molecule has 0 aliphatic heterocycles. The van der Waals surface area contributed by atoms with Gasteiger partial charge in [0.25, 0.3) is 5.91 Å². The van der Waals surface area contributed by atoms with E-state index in [0.29, 0.717) is 0 Å². The van der Waals surface area contributed by atoms with Gasteiger partial charge in [-0.2, -0.15) is 0 Å². The van der Waals surface area contributed by atoms with Crippen LogP contribution < -0.4 is 5.32 Å². The van der Waals surface area contributed by atoms with E-state index in [4.69, 9.17) is 6.42 Å². The van der Waals surface area contributed by atoms with Crippen LogP contribution in [-0.2, 0) is 9.53 Å². The number of nitrogens with one attached hydrogen (secondary N) is 1. The van der Waals surface area contributed by atoms with Crippen LogP contribution >= 0.6 is 0 Å². The molecule has 0 aliphatic carbocycles. The molecule has 0 radical (unpaired) electrons. The fraction of sp³-hybridized carbons (Fsp3) is 0.231. The summed E-state index contributed by atoms with van der Waals surface area (Å²) in [6.45, 7) is 0. The number of esters is 1. The molecule has 0 bridgehead atoms. The van der Waals surface area contributed by atoms with Gasteiger partial charge in [-0.3, -0.25) is 4.79 Å². The zero-order valence-electron chi connectivity index (χ0n) is 9.84. The van der Waals surface area contributed by atoms with Crippen molar-refractivity contribution < 1.29 is 19.4 Å². The summed E-state index contributed by atoms with van der Waals surface area (Å²) in [6, 6.07) is 4.88. The lowest BCUT2D eigenvalue weighted by molar-refractivity contribution is -0.142. The lowest BCUT2D eigenvalue weighted by atomic mass is 10.1. The van der Waals surface area contributed by atoms with Crippen molar-refractivity contribution in [3.63, 3.8) is 0 Å². The summed E-state index contributed by atoms with van der Waals surface area (Å²) in [5.74, 6) is 1.14. The minimum absolute atomic E-state index is 0.0331. The SMILES string of the molecule is C#CC[C@H](NC(=O)c1cccc(O)c1)C(=O)OC. The lowest BCUT2D eigenvalue weighted by Gasteiger charge is -2.14. The Bertz CT molecular complexity index is 490. The first-order chi connectivity index (χ1) is 8.58. The third-order valence-electron chi connectivity index (χ3n) is 2.22. The molecule has 1 rings (SSSR count). The highest BCUT2D eigenvalue weighted by atomic mass is 16.5.